The van der Waals surface area contributed by atoms with E-state index < -0.39 is 17.2 Å². The molecule has 0 saturated carbocycles. The van der Waals surface area contributed by atoms with Crippen molar-refractivity contribution < 1.29 is 14.7 Å². The molecule has 0 atom stereocenters. The van der Waals surface area contributed by atoms with Crippen molar-refractivity contribution in [3.05, 3.63) is 47.5 Å². The largest absolute Gasteiger partial charge is 0.374 e. The first-order valence-electron chi connectivity index (χ1n) is 5.02. The summed E-state index contributed by atoms with van der Waals surface area (Å²) in [6.07, 6.45) is -0.0145. The van der Waals surface area contributed by atoms with Gasteiger partial charge in [-0.1, -0.05) is 29.8 Å². The van der Waals surface area contributed by atoms with Crippen molar-refractivity contribution in [3.8, 4) is 0 Å². The monoisotopic (exact) mass is 216 g/mol. The quantitative estimate of drug-likeness (QED) is 0.605. The molecule has 2 rings (SSSR count). The lowest BCUT2D eigenvalue weighted by atomic mass is 9.91. The number of aliphatic hydroxyl groups is 1. The second-order valence-corrected chi connectivity index (χ2v) is 4.20. The fourth-order valence-corrected chi connectivity index (χ4v) is 2.03. The van der Waals surface area contributed by atoms with Crippen LogP contribution in [0.15, 0.2) is 36.4 Å². The zero-order chi connectivity index (χ0) is 11.9. The van der Waals surface area contributed by atoms with E-state index in [1.165, 1.54) is 0 Å². The summed E-state index contributed by atoms with van der Waals surface area (Å²) in [5, 5.41) is 10.2. The standard InChI is InChI=1S/C13H12O3/c1-8(2)7-13(16)11(14)9-5-3-4-6-10(9)12(13)15/h3-6,16H,1,7H2,2H3. The lowest BCUT2D eigenvalue weighted by Crippen LogP contribution is -2.41. The first-order chi connectivity index (χ1) is 7.47. The lowest BCUT2D eigenvalue weighted by Gasteiger charge is -2.18. The fourth-order valence-electron chi connectivity index (χ4n) is 2.03. The Bertz CT molecular complexity index is 465. The molecule has 0 saturated heterocycles. The highest BCUT2D eigenvalue weighted by molar-refractivity contribution is 6.32. The van der Waals surface area contributed by atoms with Crippen LogP contribution in [0.5, 0.6) is 0 Å². The third-order valence-electron chi connectivity index (χ3n) is 2.73. The van der Waals surface area contributed by atoms with Gasteiger partial charge >= 0.3 is 0 Å². The van der Waals surface area contributed by atoms with Crippen LogP contribution in [-0.4, -0.2) is 22.3 Å². The number of Topliss-reactive ketones (excluding diaryl/α,β-unsaturated/α-hetero) is 2. The second kappa shape index (κ2) is 3.39. The Morgan fingerprint density at radius 3 is 2.06 bits per heavy atom. The van der Waals surface area contributed by atoms with E-state index in [-0.39, 0.29) is 6.42 Å². The highest BCUT2D eigenvalue weighted by atomic mass is 16.3. The molecule has 0 aromatic heterocycles. The van der Waals surface area contributed by atoms with E-state index in [1.54, 1.807) is 31.2 Å². The van der Waals surface area contributed by atoms with Gasteiger partial charge in [0.2, 0.25) is 11.6 Å². The first kappa shape index (κ1) is 10.8. The SMILES string of the molecule is C=C(C)CC1(O)C(=O)c2ccccc2C1=O. The van der Waals surface area contributed by atoms with Crippen molar-refractivity contribution in [1.82, 2.24) is 0 Å². The molecular weight excluding hydrogens is 204 g/mol. The van der Waals surface area contributed by atoms with Crippen molar-refractivity contribution >= 4 is 11.6 Å². The predicted molar refractivity (Wildman–Crippen MR) is 59.5 cm³/mol. The van der Waals surface area contributed by atoms with E-state index in [2.05, 4.69) is 6.58 Å². The van der Waals surface area contributed by atoms with Gasteiger partial charge in [-0.25, -0.2) is 0 Å². The third kappa shape index (κ3) is 1.32. The van der Waals surface area contributed by atoms with Crippen molar-refractivity contribution in [3.63, 3.8) is 0 Å². The van der Waals surface area contributed by atoms with Gasteiger partial charge in [-0.15, -0.1) is 6.58 Å². The second-order valence-electron chi connectivity index (χ2n) is 4.20. The summed E-state index contributed by atoms with van der Waals surface area (Å²) in [6.45, 7) is 5.31. The van der Waals surface area contributed by atoms with Gasteiger partial charge in [0.15, 0.2) is 5.60 Å². The topological polar surface area (TPSA) is 54.4 Å². The number of rotatable bonds is 2. The summed E-state index contributed by atoms with van der Waals surface area (Å²) in [6, 6.07) is 6.48. The zero-order valence-corrected chi connectivity index (χ0v) is 8.99. The molecular formula is C13H12O3. The number of hydrogen-bond acceptors (Lipinski definition) is 3. The normalized spacial score (nSPS) is 17.4. The number of hydrogen-bond donors (Lipinski definition) is 1. The maximum atomic E-state index is 12.0. The van der Waals surface area contributed by atoms with Gasteiger partial charge in [-0.05, 0) is 6.92 Å². The van der Waals surface area contributed by atoms with Crippen molar-refractivity contribution in [2.24, 2.45) is 0 Å². The average Bonchev–Trinajstić information content (AvgIpc) is 2.42. The lowest BCUT2D eigenvalue weighted by molar-refractivity contribution is 0.0335. The molecule has 0 aliphatic heterocycles. The predicted octanol–water partition coefficient (Wildman–Crippen LogP) is 1.76. The molecule has 3 nitrogen and oxygen atoms in total. The average molecular weight is 216 g/mol. The Morgan fingerprint density at radius 1 is 1.25 bits per heavy atom. The number of benzene rings is 1. The minimum Gasteiger partial charge on any atom is -0.374 e. The van der Waals surface area contributed by atoms with Crippen molar-refractivity contribution in [2.45, 2.75) is 18.9 Å². The number of carbonyl (C=O) groups excluding carboxylic acids is 2. The molecule has 1 aliphatic carbocycles. The molecule has 82 valence electrons. The summed E-state index contributed by atoms with van der Waals surface area (Å²) in [4.78, 5) is 23.9. The van der Waals surface area contributed by atoms with Crippen LogP contribution in [0.25, 0.3) is 0 Å². The molecule has 0 amide bonds. The molecule has 1 aliphatic rings. The van der Waals surface area contributed by atoms with Crippen LogP contribution >= 0.6 is 0 Å². The highest BCUT2D eigenvalue weighted by Gasteiger charge is 2.51. The van der Waals surface area contributed by atoms with Crippen LogP contribution in [0.1, 0.15) is 34.1 Å². The number of ketones is 2. The van der Waals surface area contributed by atoms with Crippen LogP contribution < -0.4 is 0 Å². The minimum absolute atomic E-state index is 0.0145. The summed E-state index contributed by atoms with van der Waals surface area (Å²) in [7, 11) is 0. The molecule has 0 bridgehead atoms. The molecule has 1 aromatic carbocycles. The van der Waals surface area contributed by atoms with Gasteiger partial charge in [0.05, 0.1) is 0 Å². The molecule has 1 aromatic rings. The highest BCUT2D eigenvalue weighted by Crippen LogP contribution is 2.33. The van der Waals surface area contributed by atoms with Gasteiger partial charge in [0.25, 0.3) is 0 Å². The van der Waals surface area contributed by atoms with E-state index >= 15 is 0 Å². The smallest absolute Gasteiger partial charge is 0.203 e. The van der Waals surface area contributed by atoms with Crippen LogP contribution in [-0.2, 0) is 0 Å². The summed E-state index contributed by atoms with van der Waals surface area (Å²) in [5.74, 6) is -1.03. The number of fused-ring (bicyclic) bond motifs is 1. The molecule has 3 heteroatoms. The molecule has 0 radical (unpaired) electrons. The molecule has 0 spiro atoms. The van der Waals surface area contributed by atoms with E-state index in [0.717, 1.165) is 0 Å². The van der Waals surface area contributed by atoms with Gasteiger partial charge in [-0.2, -0.15) is 0 Å². The maximum Gasteiger partial charge on any atom is 0.203 e. The van der Waals surface area contributed by atoms with E-state index in [1.807, 2.05) is 0 Å². The van der Waals surface area contributed by atoms with E-state index in [4.69, 9.17) is 0 Å². The maximum absolute atomic E-state index is 12.0. The minimum atomic E-state index is -1.93. The summed E-state index contributed by atoms with van der Waals surface area (Å²) >= 11 is 0. The van der Waals surface area contributed by atoms with Gasteiger partial charge in [0, 0.05) is 17.5 Å². The fraction of sp³-hybridized carbons (Fsp3) is 0.231. The first-order valence-corrected chi connectivity index (χ1v) is 5.02. The van der Waals surface area contributed by atoms with Crippen molar-refractivity contribution in [1.29, 1.82) is 0 Å². The van der Waals surface area contributed by atoms with Crippen LogP contribution in [0.3, 0.4) is 0 Å². The summed E-state index contributed by atoms with van der Waals surface area (Å²) < 4.78 is 0. The molecule has 0 fully saturated rings. The van der Waals surface area contributed by atoms with E-state index in [9.17, 15) is 14.7 Å². The molecule has 1 N–H and O–H groups in total. The zero-order valence-electron chi connectivity index (χ0n) is 8.99. The Hall–Kier alpha value is -1.74. The Labute approximate surface area is 93.4 Å². The Balaban J connectivity index is 2.53. The molecule has 0 heterocycles. The van der Waals surface area contributed by atoms with E-state index in [0.29, 0.717) is 16.7 Å². The van der Waals surface area contributed by atoms with Gasteiger partial charge in [0.1, 0.15) is 0 Å². The molecule has 16 heavy (non-hydrogen) atoms. The van der Waals surface area contributed by atoms with Gasteiger partial charge in [-0.3, -0.25) is 9.59 Å². The van der Waals surface area contributed by atoms with Crippen LogP contribution in [0, 0.1) is 0 Å². The molecule has 0 unspecified atom stereocenters. The van der Waals surface area contributed by atoms with Crippen LogP contribution in [0.4, 0.5) is 0 Å². The summed E-state index contributed by atoms with van der Waals surface area (Å²) in [5.41, 5.74) is -0.722. The third-order valence-corrected chi connectivity index (χ3v) is 2.73. The van der Waals surface area contributed by atoms with Crippen molar-refractivity contribution in [2.75, 3.05) is 0 Å². The van der Waals surface area contributed by atoms with Gasteiger partial charge < -0.3 is 5.11 Å². The van der Waals surface area contributed by atoms with Crippen LogP contribution in [0.2, 0.25) is 0 Å². The Kier molecular flexibility index (Phi) is 2.28. The number of carbonyl (C=O) groups is 2. The Morgan fingerprint density at radius 2 is 1.69 bits per heavy atom.